The standard InChI is InChI=1S/C18H21N3O2S2/c1-13-11-19-8-9-21(13)18(23)14-4-6-15(7-5-14)20-16(22)12-25-17-3-2-10-24-17/h2-7,10,13,19H,8-9,11-12H2,1H3,(H,20,22)/t13-/m0/s1. The molecule has 1 aromatic carbocycles. The third kappa shape index (κ3) is 4.84. The Morgan fingerprint density at radius 1 is 1.32 bits per heavy atom. The number of carbonyl (C=O) groups excluding carboxylic acids is 2. The van der Waals surface area contributed by atoms with Crippen LogP contribution in [0.15, 0.2) is 46.0 Å². The number of piperazine rings is 1. The summed E-state index contributed by atoms with van der Waals surface area (Å²) in [5.74, 6) is 0.368. The third-order valence-corrected chi connectivity index (χ3v) is 6.15. The number of nitrogens with one attached hydrogen (secondary N) is 2. The second kappa shape index (κ2) is 8.51. The van der Waals surface area contributed by atoms with E-state index in [1.165, 1.54) is 11.8 Å². The van der Waals surface area contributed by atoms with Crippen LogP contribution in [0.3, 0.4) is 0 Å². The van der Waals surface area contributed by atoms with E-state index in [4.69, 9.17) is 0 Å². The fourth-order valence-electron chi connectivity index (χ4n) is 2.68. The first-order valence-electron chi connectivity index (χ1n) is 8.21. The van der Waals surface area contributed by atoms with Gasteiger partial charge in [-0.1, -0.05) is 6.07 Å². The zero-order chi connectivity index (χ0) is 17.6. The number of amides is 2. The van der Waals surface area contributed by atoms with Crippen molar-refractivity contribution in [2.75, 3.05) is 30.7 Å². The Morgan fingerprint density at radius 2 is 2.12 bits per heavy atom. The Balaban J connectivity index is 1.54. The van der Waals surface area contributed by atoms with E-state index in [2.05, 4.69) is 10.6 Å². The van der Waals surface area contributed by atoms with Gasteiger partial charge in [0.15, 0.2) is 0 Å². The second-order valence-corrected chi connectivity index (χ2v) is 8.12. The van der Waals surface area contributed by atoms with E-state index < -0.39 is 0 Å². The van der Waals surface area contributed by atoms with Gasteiger partial charge in [-0.15, -0.1) is 23.1 Å². The summed E-state index contributed by atoms with van der Waals surface area (Å²) in [5, 5.41) is 8.14. The summed E-state index contributed by atoms with van der Waals surface area (Å²) in [5.41, 5.74) is 1.36. The van der Waals surface area contributed by atoms with Gasteiger partial charge in [0.05, 0.1) is 9.96 Å². The van der Waals surface area contributed by atoms with E-state index in [0.717, 1.165) is 23.8 Å². The summed E-state index contributed by atoms with van der Waals surface area (Å²) in [6, 6.07) is 11.3. The van der Waals surface area contributed by atoms with Crippen LogP contribution in [0.1, 0.15) is 17.3 Å². The molecule has 2 heterocycles. The highest BCUT2D eigenvalue weighted by molar-refractivity contribution is 8.01. The van der Waals surface area contributed by atoms with Gasteiger partial charge in [0.1, 0.15) is 0 Å². The molecule has 2 amide bonds. The van der Waals surface area contributed by atoms with Gasteiger partial charge in [-0.05, 0) is 42.6 Å². The lowest BCUT2D eigenvalue weighted by molar-refractivity contribution is -0.113. The average Bonchev–Trinajstić information content (AvgIpc) is 3.14. The summed E-state index contributed by atoms with van der Waals surface area (Å²) in [7, 11) is 0. The molecule has 2 N–H and O–H groups in total. The Morgan fingerprint density at radius 3 is 2.80 bits per heavy atom. The zero-order valence-electron chi connectivity index (χ0n) is 14.0. The largest absolute Gasteiger partial charge is 0.333 e. The minimum Gasteiger partial charge on any atom is -0.333 e. The molecule has 132 valence electrons. The van der Waals surface area contributed by atoms with Crippen LogP contribution in [0.25, 0.3) is 0 Å². The lowest BCUT2D eigenvalue weighted by Crippen LogP contribution is -2.52. The molecule has 3 rings (SSSR count). The molecule has 2 aromatic rings. The number of hydrogen-bond acceptors (Lipinski definition) is 5. The quantitative estimate of drug-likeness (QED) is 0.789. The van der Waals surface area contributed by atoms with Crippen LogP contribution in [-0.2, 0) is 4.79 Å². The third-order valence-electron chi connectivity index (χ3n) is 4.02. The first kappa shape index (κ1) is 18.0. The molecular weight excluding hydrogens is 354 g/mol. The van der Waals surface area contributed by atoms with Gasteiger partial charge >= 0.3 is 0 Å². The molecule has 1 fully saturated rings. The second-order valence-electron chi connectivity index (χ2n) is 5.90. The van der Waals surface area contributed by atoms with Gasteiger partial charge in [-0.3, -0.25) is 9.59 Å². The monoisotopic (exact) mass is 375 g/mol. The van der Waals surface area contributed by atoms with Gasteiger partial charge in [-0.25, -0.2) is 0 Å². The minimum atomic E-state index is -0.0480. The van der Waals surface area contributed by atoms with Gasteiger partial charge in [0, 0.05) is 36.9 Å². The summed E-state index contributed by atoms with van der Waals surface area (Å²) >= 11 is 3.15. The average molecular weight is 376 g/mol. The summed E-state index contributed by atoms with van der Waals surface area (Å²) in [6.45, 7) is 4.41. The van der Waals surface area contributed by atoms with Crippen LogP contribution in [0.5, 0.6) is 0 Å². The first-order valence-corrected chi connectivity index (χ1v) is 10.1. The molecule has 1 saturated heterocycles. The van der Waals surface area contributed by atoms with Crippen LogP contribution < -0.4 is 10.6 Å². The maximum Gasteiger partial charge on any atom is 0.254 e. The van der Waals surface area contributed by atoms with Gasteiger partial charge in [0.25, 0.3) is 5.91 Å². The SMILES string of the molecule is C[C@H]1CNCCN1C(=O)c1ccc(NC(=O)CSc2cccs2)cc1. The Kier molecular flexibility index (Phi) is 6.12. The molecule has 0 saturated carbocycles. The van der Waals surface area contributed by atoms with Gasteiger partial charge in [-0.2, -0.15) is 0 Å². The predicted octanol–water partition coefficient (Wildman–Crippen LogP) is 2.91. The van der Waals surface area contributed by atoms with Crippen molar-refractivity contribution in [2.24, 2.45) is 0 Å². The number of thiophene rings is 1. The highest BCUT2D eigenvalue weighted by Gasteiger charge is 2.23. The number of benzene rings is 1. The lowest BCUT2D eigenvalue weighted by Gasteiger charge is -2.34. The van der Waals surface area contributed by atoms with E-state index in [1.54, 1.807) is 35.6 Å². The maximum absolute atomic E-state index is 12.6. The predicted molar refractivity (Wildman–Crippen MR) is 103 cm³/mol. The Hall–Kier alpha value is -1.83. The highest BCUT2D eigenvalue weighted by Crippen LogP contribution is 2.23. The van der Waals surface area contributed by atoms with Crippen molar-refractivity contribution in [1.29, 1.82) is 0 Å². The summed E-state index contributed by atoms with van der Waals surface area (Å²) in [4.78, 5) is 26.5. The molecular formula is C18H21N3O2S2. The number of nitrogens with zero attached hydrogens (tertiary/aromatic N) is 1. The molecule has 0 radical (unpaired) electrons. The van der Waals surface area contributed by atoms with Crippen LogP contribution >= 0.6 is 23.1 Å². The number of rotatable bonds is 5. The molecule has 5 nitrogen and oxygen atoms in total. The first-order chi connectivity index (χ1) is 12.1. The van der Waals surface area contributed by atoms with E-state index in [1.807, 2.05) is 29.3 Å². The van der Waals surface area contributed by atoms with Crippen molar-refractivity contribution in [3.8, 4) is 0 Å². The number of anilines is 1. The molecule has 0 aliphatic carbocycles. The van der Waals surface area contributed by atoms with Crippen molar-refractivity contribution in [2.45, 2.75) is 17.2 Å². The van der Waals surface area contributed by atoms with Crippen LogP contribution in [0.4, 0.5) is 5.69 Å². The normalized spacial score (nSPS) is 17.3. The topological polar surface area (TPSA) is 61.4 Å². The molecule has 7 heteroatoms. The Labute approximate surface area is 155 Å². The number of hydrogen-bond donors (Lipinski definition) is 2. The zero-order valence-corrected chi connectivity index (χ0v) is 15.7. The Bertz CT molecular complexity index is 716. The molecule has 1 aliphatic rings. The summed E-state index contributed by atoms with van der Waals surface area (Å²) in [6.07, 6.45) is 0. The minimum absolute atomic E-state index is 0.0418. The fourth-order valence-corrected chi connectivity index (χ4v) is 4.27. The van der Waals surface area contributed by atoms with Crippen LogP contribution in [-0.4, -0.2) is 48.1 Å². The number of thioether (sulfide) groups is 1. The molecule has 25 heavy (non-hydrogen) atoms. The van der Waals surface area contributed by atoms with Crippen molar-refractivity contribution in [3.63, 3.8) is 0 Å². The molecule has 0 bridgehead atoms. The molecule has 1 aromatic heterocycles. The van der Waals surface area contributed by atoms with E-state index in [0.29, 0.717) is 17.0 Å². The van der Waals surface area contributed by atoms with Crippen molar-refractivity contribution in [3.05, 3.63) is 47.3 Å². The molecule has 0 spiro atoms. The molecule has 1 aliphatic heterocycles. The van der Waals surface area contributed by atoms with Crippen LogP contribution in [0.2, 0.25) is 0 Å². The smallest absolute Gasteiger partial charge is 0.254 e. The van der Waals surface area contributed by atoms with Crippen molar-refractivity contribution >= 4 is 40.6 Å². The fraction of sp³-hybridized carbons (Fsp3) is 0.333. The van der Waals surface area contributed by atoms with Gasteiger partial charge < -0.3 is 15.5 Å². The summed E-state index contributed by atoms with van der Waals surface area (Å²) < 4.78 is 1.13. The number of carbonyl (C=O) groups is 2. The molecule has 1 atom stereocenters. The van der Waals surface area contributed by atoms with E-state index in [9.17, 15) is 9.59 Å². The maximum atomic E-state index is 12.6. The van der Waals surface area contributed by atoms with Crippen molar-refractivity contribution < 1.29 is 9.59 Å². The lowest BCUT2D eigenvalue weighted by atomic mass is 10.1. The molecule has 0 unspecified atom stereocenters. The van der Waals surface area contributed by atoms with Crippen molar-refractivity contribution in [1.82, 2.24) is 10.2 Å². The highest BCUT2D eigenvalue weighted by atomic mass is 32.2. The van der Waals surface area contributed by atoms with Crippen LogP contribution in [0, 0.1) is 0 Å². The van der Waals surface area contributed by atoms with Gasteiger partial charge in [0.2, 0.25) is 5.91 Å². The van der Waals surface area contributed by atoms with E-state index in [-0.39, 0.29) is 17.9 Å². The van der Waals surface area contributed by atoms with E-state index >= 15 is 0 Å².